The highest BCUT2D eigenvalue weighted by molar-refractivity contribution is 5.37. The van der Waals surface area contributed by atoms with E-state index < -0.39 is 0 Å². The van der Waals surface area contributed by atoms with Crippen molar-refractivity contribution < 1.29 is 5.11 Å². The first-order valence-electron chi connectivity index (χ1n) is 9.40. The third-order valence-corrected chi connectivity index (χ3v) is 5.58. The highest BCUT2D eigenvalue weighted by Crippen LogP contribution is 2.37. The number of piperazine rings is 1. The Kier molecular flexibility index (Phi) is 6.31. The third kappa shape index (κ3) is 4.60. The molecule has 3 rings (SSSR count). The zero-order valence-electron chi connectivity index (χ0n) is 14.8. The number of hydrogen-bond acceptors (Lipinski definition) is 3. The van der Waals surface area contributed by atoms with Crippen molar-refractivity contribution in [1.29, 1.82) is 0 Å². The van der Waals surface area contributed by atoms with Crippen LogP contribution in [0.5, 0.6) is 0 Å². The van der Waals surface area contributed by atoms with E-state index in [4.69, 9.17) is 0 Å². The van der Waals surface area contributed by atoms with E-state index in [-0.39, 0.29) is 6.10 Å². The molecule has 1 aliphatic heterocycles. The smallest absolute Gasteiger partial charge is 0.0540 e. The van der Waals surface area contributed by atoms with Crippen LogP contribution >= 0.6 is 0 Å². The van der Waals surface area contributed by atoms with Gasteiger partial charge in [0.05, 0.1) is 6.10 Å². The molecule has 3 nitrogen and oxygen atoms in total. The van der Waals surface area contributed by atoms with Crippen molar-refractivity contribution in [3.63, 3.8) is 0 Å². The number of benzene rings is 1. The Bertz CT molecular complexity index is 558. The second kappa shape index (κ2) is 8.67. The molecule has 0 spiro atoms. The van der Waals surface area contributed by atoms with Crippen LogP contribution in [0, 0.1) is 17.8 Å². The van der Waals surface area contributed by atoms with Crippen LogP contribution in [0.15, 0.2) is 24.3 Å². The summed E-state index contributed by atoms with van der Waals surface area (Å²) >= 11 is 0. The van der Waals surface area contributed by atoms with Gasteiger partial charge in [0, 0.05) is 38.3 Å². The van der Waals surface area contributed by atoms with Gasteiger partial charge in [0.1, 0.15) is 0 Å². The average molecular weight is 326 g/mol. The summed E-state index contributed by atoms with van der Waals surface area (Å²) in [5, 5.41) is 13.3. The minimum atomic E-state index is -0.0803. The number of rotatable bonds is 4. The van der Waals surface area contributed by atoms with E-state index in [0.29, 0.717) is 11.8 Å². The SMILES string of the molecule is CC#Cc1ccc(C(CN2CCNCC2)C2CCC(O)CC2)cc1. The lowest BCUT2D eigenvalue weighted by atomic mass is 9.75. The molecule has 2 aliphatic rings. The average Bonchev–Trinajstić information content (AvgIpc) is 2.63. The molecular formula is C21H30N2O. The minimum absolute atomic E-state index is 0.0803. The number of aliphatic hydroxyl groups excluding tert-OH is 1. The summed E-state index contributed by atoms with van der Waals surface area (Å²) in [6.07, 6.45) is 4.14. The van der Waals surface area contributed by atoms with E-state index >= 15 is 0 Å². The lowest BCUT2D eigenvalue weighted by molar-refractivity contribution is 0.0932. The minimum Gasteiger partial charge on any atom is -0.393 e. The molecule has 1 atom stereocenters. The summed E-state index contributed by atoms with van der Waals surface area (Å²) in [5.74, 6) is 7.37. The molecule has 2 fully saturated rings. The summed E-state index contributed by atoms with van der Waals surface area (Å²) in [6, 6.07) is 8.87. The summed E-state index contributed by atoms with van der Waals surface area (Å²) in [5.41, 5.74) is 2.54. The van der Waals surface area contributed by atoms with Crippen LogP contribution in [0.4, 0.5) is 0 Å². The van der Waals surface area contributed by atoms with Crippen molar-refractivity contribution in [1.82, 2.24) is 10.2 Å². The molecule has 1 saturated carbocycles. The van der Waals surface area contributed by atoms with Crippen LogP contribution in [0.3, 0.4) is 0 Å². The van der Waals surface area contributed by atoms with Gasteiger partial charge >= 0.3 is 0 Å². The standard InChI is InChI=1S/C21H30N2O/c1-2-3-17-4-6-18(7-5-17)21(16-23-14-12-22-13-15-23)19-8-10-20(24)11-9-19/h4-7,19-22,24H,8-16H2,1H3. The second-order valence-electron chi connectivity index (χ2n) is 7.22. The topological polar surface area (TPSA) is 35.5 Å². The number of hydrogen-bond donors (Lipinski definition) is 2. The third-order valence-electron chi connectivity index (χ3n) is 5.58. The van der Waals surface area contributed by atoms with Gasteiger partial charge in [-0.25, -0.2) is 0 Å². The van der Waals surface area contributed by atoms with Crippen LogP contribution in [0.25, 0.3) is 0 Å². The lowest BCUT2D eigenvalue weighted by Crippen LogP contribution is -2.46. The second-order valence-corrected chi connectivity index (χ2v) is 7.22. The maximum Gasteiger partial charge on any atom is 0.0540 e. The molecule has 2 N–H and O–H groups in total. The molecule has 1 aliphatic carbocycles. The molecule has 1 aromatic rings. The fourth-order valence-corrected chi connectivity index (χ4v) is 4.16. The number of nitrogens with one attached hydrogen (secondary N) is 1. The molecule has 1 heterocycles. The monoisotopic (exact) mass is 326 g/mol. The van der Waals surface area contributed by atoms with Crippen LogP contribution in [0.2, 0.25) is 0 Å². The molecule has 0 bridgehead atoms. The molecular weight excluding hydrogens is 296 g/mol. The van der Waals surface area contributed by atoms with Gasteiger partial charge in [-0.1, -0.05) is 18.1 Å². The van der Waals surface area contributed by atoms with Crippen molar-refractivity contribution >= 4 is 0 Å². The first kappa shape index (κ1) is 17.5. The Balaban J connectivity index is 1.75. The zero-order chi connectivity index (χ0) is 16.8. The summed E-state index contributed by atoms with van der Waals surface area (Å²) in [6.45, 7) is 7.51. The molecule has 24 heavy (non-hydrogen) atoms. The van der Waals surface area contributed by atoms with E-state index in [1.165, 1.54) is 5.56 Å². The van der Waals surface area contributed by atoms with E-state index in [0.717, 1.165) is 64.0 Å². The van der Waals surface area contributed by atoms with Gasteiger partial charge in [-0.15, -0.1) is 5.92 Å². The highest BCUT2D eigenvalue weighted by Gasteiger charge is 2.29. The van der Waals surface area contributed by atoms with Crippen molar-refractivity contribution in [3.8, 4) is 11.8 Å². The fourth-order valence-electron chi connectivity index (χ4n) is 4.16. The van der Waals surface area contributed by atoms with Crippen molar-refractivity contribution in [2.45, 2.75) is 44.6 Å². The lowest BCUT2D eigenvalue weighted by Gasteiger charge is -2.37. The summed E-state index contributed by atoms with van der Waals surface area (Å²) < 4.78 is 0. The van der Waals surface area contributed by atoms with E-state index in [1.807, 2.05) is 6.92 Å². The fraction of sp³-hybridized carbons (Fsp3) is 0.619. The molecule has 3 heteroatoms. The van der Waals surface area contributed by atoms with Gasteiger partial charge < -0.3 is 15.3 Å². The maximum atomic E-state index is 9.86. The number of nitrogens with zero attached hydrogens (tertiary/aromatic N) is 1. The summed E-state index contributed by atoms with van der Waals surface area (Å²) in [7, 11) is 0. The van der Waals surface area contributed by atoms with E-state index in [1.54, 1.807) is 0 Å². The van der Waals surface area contributed by atoms with Crippen molar-refractivity contribution in [2.24, 2.45) is 5.92 Å². The Labute approximate surface area is 146 Å². The quantitative estimate of drug-likeness (QED) is 0.835. The van der Waals surface area contributed by atoms with Crippen LogP contribution in [0.1, 0.15) is 49.7 Å². The Hall–Kier alpha value is -1.34. The van der Waals surface area contributed by atoms with Gasteiger partial charge in [0.15, 0.2) is 0 Å². The van der Waals surface area contributed by atoms with Crippen LogP contribution in [-0.4, -0.2) is 48.8 Å². The van der Waals surface area contributed by atoms with Gasteiger partial charge in [-0.05, 0) is 62.1 Å². The van der Waals surface area contributed by atoms with E-state index in [9.17, 15) is 5.11 Å². The molecule has 1 aromatic carbocycles. The molecule has 0 aromatic heterocycles. The maximum absolute atomic E-state index is 9.86. The van der Waals surface area contributed by atoms with Gasteiger partial charge in [-0.3, -0.25) is 0 Å². The predicted molar refractivity (Wildman–Crippen MR) is 99.0 cm³/mol. The zero-order valence-corrected chi connectivity index (χ0v) is 14.8. The summed E-state index contributed by atoms with van der Waals surface area (Å²) in [4.78, 5) is 2.60. The first-order chi connectivity index (χ1) is 11.8. The largest absolute Gasteiger partial charge is 0.393 e. The molecule has 1 unspecified atom stereocenters. The van der Waals surface area contributed by atoms with E-state index in [2.05, 4.69) is 46.3 Å². The molecule has 1 saturated heterocycles. The normalized spacial score (nSPS) is 26.4. The Morgan fingerprint density at radius 2 is 1.79 bits per heavy atom. The number of aliphatic hydroxyl groups is 1. The highest BCUT2D eigenvalue weighted by atomic mass is 16.3. The van der Waals surface area contributed by atoms with Gasteiger partial charge in [0.25, 0.3) is 0 Å². The molecule has 130 valence electrons. The predicted octanol–water partition coefficient (Wildman–Crippen LogP) is 2.60. The van der Waals surface area contributed by atoms with Gasteiger partial charge in [0.2, 0.25) is 0 Å². The Morgan fingerprint density at radius 1 is 1.12 bits per heavy atom. The van der Waals surface area contributed by atoms with Crippen LogP contribution < -0.4 is 5.32 Å². The van der Waals surface area contributed by atoms with Crippen LogP contribution in [-0.2, 0) is 0 Å². The van der Waals surface area contributed by atoms with Crippen molar-refractivity contribution in [3.05, 3.63) is 35.4 Å². The Morgan fingerprint density at radius 3 is 2.42 bits per heavy atom. The first-order valence-corrected chi connectivity index (χ1v) is 9.40. The molecule has 0 radical (unpaired) electrons. The molecule has 0 amide bonds. The van der Waals surface area contributed by atoms with Gasteiger partial charge in [-0.2, -0.15) is 0 Å². The van der Waals surface area contributed by atoms with Crippen molar-refractivity contribution in [2.75, 3.05) is 32.7 Å².